The topological polar surface area (TPSA) is 70.2 Å². The highest BCUT2D eigenvalue weighted by atomic mass is 16.2. The van der Waals surface area contributed by atoms with Gasteiger partial charge < -0.3 is 16.0 Å². The lowest BCUT2D eigenvalue weighted by atomic mass is 10.1. The van der Waals surface area contributed by atoms with Gasteiger partial charge in [-0.15, -0.1) is 0 Å². The molecule has 0 aliphatic carbocycles. The molecular formula is C17H19N3O2. The van der Waals surface area contributed by atoms with E-state index in [-0.39, 0.29) is 11.9 Å². The summed E-state index contributed by atoms with van der Waals surface area (Å²) in [6.07, 6.45) is 0. The van der Waals surface area contributed by atoms with Crippen LogP contribution < -0.4 is 16.0 Å². The molecular weight excluding hydrogens is 278 g/mol. The molecule has 2 aromatic rings. The Morgan fingerprint density at radius 2 is 1.59 bits per heavy atom. The number of rotatable bonds is 3. The fourth-order valence-corrected chi connectivity index (χ4v) is 2.00. The maximum atomic E-state index is 12.0. The lowest BCUT2D eigenvalue weighted by Gasteiger charge is -2.11. The third-order valence-electron chi connectivity index (χ3n) is 3.27. The Morgan fingerprint density at radius 3 is 2.23 bits per heavy atom. The first-order valence-electron chi connectivity index (χ1n) is 6.97. The molecule has 0 aliphatic heterocycles. The maximum absolute atomic E-state index is 12.0. The van der Waals surface area contributed by atoms with E-state index in [4.69, 9.17) is 0 Å². The van der Waals surface area contributed by atoms with Gasteiger partial charge in [0.15, 0.2) is 0 Å². The quantitative estimate of drug-likeness (QED) is 0.813. The summed E-state index contributed by atoms with van der Waals surface area (Å²) in [5, 5.41) is 8.11. The van der Waals surface area contributed by atoms with Crippen LogP contribution in [0, 0.1) is 13.8 Å². The van der Waals surface area contributed by atoms with E-state index in [2.05, 4.69) is 16.0 Å². The molecule has 5 heteroatoms. The van der Waals surface area contributed by atoms with E-state index >= 15 is 0 Å². The summed E-state index contributed by atoms with van der Waals surface area (Å²) in [6.45, 7) is 3.91. The summed E-state index contributed by atoms with van der Waals surface area (Å²) < 4.78 is 0. The minimum atomic E-state index is -0.318. The third kappa shape index (κ3) is 3.85. The predicted octanol–water partition coefficient (Wildman–Crippen LogP) is 3.31. The standard InChI is InChI=1S/C17H19N3O2/c1-11-4-5-12(2)15(10-11)20-17(22)19-14-8-6-13(7-9-14)16(21)18-3/h4-10H,1-3H3,(H,18,21)(H2,19,20,22). The lowest BCUT2D eigenvalue weighted by molar-refractivity contribution is 0.0963. The van der Waals surface area contributed by atoms with E-state index in [1.165, 1.54) is 0 Å². The van der Waals surface area contributed by atoms with Crippen LogP contribution in [0.1, 0.15) is 21.5 Å². The Bertz CT molecular complexity index is 694. The highest BCUT2D eigenvalue weighted by Crippen LogP contribution is 2.17. The van der Waals surface area contributed by atoms with Crippen molar-refractivity contribution in [2.24, 2.45) is 0 Å². The number of urea groups is 1. The fraction of sp³-hybridized carbons (Fsp3) is 0.176. The number of anilines is 2. The second kappa shape index (κ2) is 6.76. The van der Waals surface area contributed by atoms with Crippen molar-refractivity contribution in [3.63, 3.8) is 0 Å². The van der Waals surface area contributed by atoms with Crippen molar-refractivity contribution in [3.05, 3.63) is 59.2 Å². The van der Waals surface area contributed by atoms with Crippen molar-refractivity contribution in [2.75, 3.05) is 17.7 Å². The smallest absolute Gasteiger partial charge is 0.323 e. The number of benzene rings is 2. The molecule has 0 spiro atoms. The van der Waals surface area contributed by atoms with E-state index in [9.17, 15) is 9.59 Å². The molecule has 0 heterocycles. The van der Waals surface area contributed by atoms with Gasteiger partial charge in [0, 0.05) is 24.0 Å². The SMILES string of the molecule is CNC(=O)c1ccc(NC(=O)Nc2cc(C)ccc2C)cc1. The Hall–Kier alpha value is -2.82. The van der Waals surface area contributed by atoms with Crippen molar-refractivity contribution in [3.8, 4) is 0 Å². The molecule has 0 radical (unpaired) electrons. The van der Waals surface area contributed by atoms with Crippen LogP contribution in [-0.4, -0.2) is 19.0 Å². The van der Waals surface area contributed by atoms with Crippen molar-refractivity contribution in [2.45, 2.75) is 13.8 Å². The minimum Gasteiger partial charge on any atom is -0.355 e. The number of hydrogen-bond acceptors (Lipinski definition) is 2. The highest BCUT2D eigenvalue weighted by Gasteiger charge is 2.07. The Balaban J connectivity index is 2.03. The van der Waals surface area contributed by atoms with Crippen LogP contribution in [0.25, 0.3) is 0 Å². The number of amides is 3. The zero-order valence-electron chi connectivity index (χ0n) is 12.9. The molecule has 0 bridgehead atoms. The highest BCUT2D eigenvalue weighted by molar-refractivity contribution is 6.01. The van der Waals surface area contributed by atoms with E-state index in [1.807, 2.05) is 32.0 Å². The molecule has 22 heavy (non-hydrogen) atoms. The number of aryl methyl sites for hydroxylation is 2. The molecule has 0 saturated carbocycles. The van der Waals surface area contributed by atoms with E-state index in [1.54, 1.807) is 31.3 Å². The maximum Gasteiger partial charge on any atom is 0.323 e. The van der Waals surface area contributed by atoms with Gasteiger partial charge in [0.1, 0.15) is 0 Å². The van der Waals surface area contributed by atoms with Crippen molar-refractivity contribution in [1.82, 2.24) is 5.32 Å². The van der Waals surface area contributed by atoms with Gasteiger partial charge in [0.05, 0.1) is 0 Å². The van der Waals surface area contributed by atoms with Crippen LogP contribution in [0.15, 0.2) is 42.5 Å². The van der Waals surface area contributed by atoms with Gasteiger partial charge in [-0.1, -0.05) is 12.1 Å². The van der Waals surface area contributed by atoms with E-state index in [0.717, 1.165) is 16.8 Å². The summed E-state index contributed by atoms with van der Waals surface area (Å²) in [6, 6.07) is 12.3. The number of nitrogens with one attached hydrogen (secondary N) is 3. The van der Waals surface area contributed by atoms with Gasteiger partial charge in [-0.25, -0.2) is 4.79 Å². The van der Waals surface area contributed by atoms with Gasteiger partial charge in [0.2, 0.25) is 0 Å². The summed E-state index contributed by atoms with van der Waals surface area (Å²) in [5.41, 5.74) is 4.02. The van der Waals surface area contributed by atoms with Crippen LogP contribution >= 0.6 is 0 Å². The van der Waals surface area contributed by atoms with Crippen molar-refractivity contribution >= 4 is 23.3 Å². The van der Waals surface area contributed by atoms with Gasteiger partial charge in [0.25, 0.3) is 5.91 Å². The predicted molar refractivity (Wildman–Crippen MR) is 88.4 cm³/mol. The molecule has 0 fully saturated rings. The summed E-state index contributed by atoms with van der Waals surface area (Å²) in [7, 11) is 1.58. The molecule has 2 aromatic carbocycles. The first-order chi connectivity index (χ1) is 10.5. The minimum absolute atomic E-state index is 0.161. The molecule has 0 unspecified atom stereocenters. The van der Waals surface area contributed by atoms with Crippen molar-refractivity contribution in [1.29, 1.82) is 0 Å². The zero-order valence-corrected chi connectivity index (χ0v) is 12.9. The van der Waals surface area contributed by atoms with E-state index in [0.29, 0.717) is 11.3 Å². The second-order valence-electron chi connectivity index (χ2n) is 5.05. The van der Waals surface area contributed by atoms with Crippen LogP contribution in [0.2, 0.25) is 0 Å². The molecule has 0 saturated heterocycles. The molecule has 0 aliphatic rings. The molecule has 0 atom stereocenters. The zero-order chi connectivity index (χ0) is 16.1. The third-order valence-corrected chi connectivity index (χ3v) is 3.27. The molecule has 2 rings (SSSR count). The van der Waals surface area contributed by atoms with Gasteiger partial charge in [-0.05, 0) is 55.3 Å². The fourth-order valence-electron chi connectivity index (χ4n) is 2.00. The summed E-state index contributed by atoms with van der Waals surface area (Å²) in [4.78, 5) is 23.5. The first-order valence-corrected chi connectivity index (χ1v) is 6.97. The Morgan fingerprint density at radius 1 is 0.909 bits per heavy atom. The second-order valence-corrected chi connectivity index (χ2v) is 5.05. The Labute approximate surface area is 129 Å². The van der Waals surface area contributed by atoms with Crippen LogP contribution in [0.4, 0.5) is 16.2 Å². The van der Waals surface area contributed by atoms with Crippen LogP contribution in [0.3, 0.4) is 0 Å². The normalized spacial score (nSPS) is 9.95. The van der Waals surface area contributed by atoms with E-state index < -0.39 is 0 Å². The number of carbonyl (C=O) groups is 2. The average molecular weight is 297 g/mol. The van der Waals surface area contributed by atoms with Gasteiger partial charge in [-0.2, -0.15) is 0 Å². The van der Waals surface area contributed by atoms with Crippen LogP contribution in [-0.2, 0) is 0 Å². The largest absolute Gasteiger partial charge is 0.355 e. The number of hydrogen-bond donors (Lipinski definition) is 3. The summed E-state index contributed by atoms with van der Waals surface area (Å²) >= 11 is 0. The molecule has 3 N–H and O–H groups in total. The monoisotopic (exact) mass is 297 g/mol. The average Bonchev–Trinajstić information content (AvgIpc) is 2.51. The van der Waals surface area contributed by atoms with Gasteiger partial charge in [-0.3, -0.25) is 4.79 Å². The lowest BCUT2D eigenvalue weighted by Crippen LogP contribution is -2.20. The molecule has 3 amide bonds. The van der Waals surface area contributed by atoms with Gasteiger partial charge >= 0.3 is 6.03 Å². The van der Waals surface area contributed by atoms with Crippen molar-refractivity contribution < 1.29 is 9.59 Å². The number of carbonyl (C=O) groups excluding carboxylic acids is 2. The first kappa shape index (κ1) is 15.6. The van der Waals surface area contributed by atoms with Crippen LogP contribution in [0.5, 0.6) is 0 Å². The summed E-state index contributed by atoms with van der Waals surface area (Å²) in [5.74, 6) is -0.161. The Kier molecular flexibility index (Phi) is 4.78. The molecule has 0 aromatic heterocycles. The molecule has 5 nitrogen and oxygen atoms in total. The molecule has 114 valence electrons.